The number of aromatic nitrogens is 3. The summed E-state index contributed by atoms with van der Waals surface area (Å²) >= 11 is 0. The van der Waals surface area contributed by atoms with Crippen molar-refractivity contribution in [2.24, 2.45) is 5.92 Å². The fraction of sp³-hybridized carbons (Fsp3) is 0.320. The van der Waals surface area contributed by atoms with Crippen LogP contribution in [0.1, 0.15) is 18.4 Å². The number of aromatic amines is 1. The number of halogens is 1. The molecule has 1 aliphatic rings. The van der Waals surface area contributed by atoms with Gasteiger partial charge in [0.2, 0.25) is 5.91 Å². The zero-order chi connectivity index (χ0) is 22.8. The van der Waals surface area contributed by atoms with Gasteiger partial charge in [0.15, 0.2) is 0 Å². The first-order chi connectivity index (χ1) is 16.1. The summed E-state index contributed by atoms with van der Waals surface area (Å²) in [5, 5.41) is 8.88. The predicted octanol–water partition coefficient (Wildman–Crippen LogP) is 3.05. The third-order valence-electron chi connectivity index (χ3n) is 6.43. The summed E-state index contributed by atoms with van der Waals surface area (Å²) in [5.74, 6) is -0.0278. The van der Waals surface area contributed by atoms with E-state index in [1.54, 1.807) is 6.20 Å². The highest BCUT2D eigenvalue weighted by atomic mass is 19.1. The normalized spacial score (nSPS) is 15.3. The van der Waals surface area contributed by atoms with Gasteiger partial charge in [-0.3, -0.25) is 14.5 Å². The summed E-state index contributed by atoms with van der Waals surface area (Å²) < 4.78 is 14.3. The topological polar surface area (TPSA) is 83.0 Å². The molecule has 1 aliphatic heterocycles. The van der Waals surface area contributed by atoms with Crippen LogP contribution in [0.4, 0.5) is 4.39 Å². The van der Waals surface area contributed by atoms with Gasteiger partial charge in [-0.2, -0.15) is 5.10 Å². The van der Waals surface area contributed by atoms with Crippen LogP contribution in [0.15, 0.2) is 59.5 Å². The number of rotatable bonds is 6. The number of piperidine rings is 1. The number of carbonyl (C=O) groups is 1. The van der Waals surface area contributed by atoms with E-state index in [1.807, 2.05) is 36.4 Å². The second kappa shape index (κ2) is 9.15. The molecule has 8 heteroatoms. The van der Waals surface area contributed by atoms with Gasteiger partial charge in [0.05, 0.1) is 6.20 Å². The monoisotopic (exact) mass is 447 g/mol. The second-order valence-electron chi connectivity index (χ2n) is 8.72. The fourth-order valence-electron chi connectivity index (χ4n) is 4.53. The molecule has 1 fully saturated rings. The minimum absolute atomic E-state index is 0.104. The number of amides is 1. The number of H-pyrrole nitrogens is 1. The fourth-order valence-corrected chi connectivity index (χ4v) is 4.53. The molecular weight excluding hydrogens is 421 g/mol. The lowest BCUT2D eigenvalue weighted by Crippen LogP contribution is -2.40. The van der Waals surface area contributed by atoms with Gasteiger partial charge >= 0.3 is 0 Å². The summed E-state index contributed by atoms with van der Waals surface area (Å²) in [6.07, 6.45) is 3.61. The molecule has 0 saturated carbocycles. The van der Waals surface area contributed by atoms with Crippen LogP contribution < -0.4 is 10.9 Å². The van der Waals surface area contributed by atoms with Gasteiger partial charge in [0.1, 0.15) is 17.9 Å². The van der Waals surface area contributed by atoms with Gasteiger partial charge in [-0.25, -0.2) is 9.07 Å². The van der Waals surface area contributed by atoms with Crippen LogP contribution in [-0.2, 0) is 17.9 Å². The molecule has 5 rings (SSSR count). The maximum Gasteiger partial charge on any atom is 0.291 e. The average Bonchev–Trinajstić information content (AvgIpc) is 3.21. The Morgan fingerprint density at radius 3 is 2.64 bits per heavy atom. The van der Waals surface area contributed by atoms with Crippen molar-refractivity contribution in [3.05, 3.63) is 76.5 Å². The molecule has 170 valence electrons. The Balaban J connectivity index is 1.13. The van der Waals surface area contributed by atoms with Crippen LogP contribution in [0.25, 0.3) is 21.8 Å². The molecule has 0 unspecified atom stereocenters. The van der Waals surface area contributed by atoms with Crippen molar-refractivity contribution >= 4 is 27.7 Å². The first kappa shape index (κ1) is 21.3. The van der Waals surface area contributed by atoms with Gasteiger partial charge in [0.25, 0.3) is 5.56 Å². The van der Waals surface area contributed by atoms with E-state index in [-0.39, 0.29) is 23.8 Å². The second-order valence-corrected chi connectivity index (χ2v) is 8.72. The maximum atomic E-state index is 13.1. The Kier molecular flexibility index (Phi) is 5.92. The Morgan fingerprint density at radius 2 is 1.85 bits per heavy atom. The Bertz CT molecular complexity index is 1340. The lowest BCUT2D eigenvalue weighted by atomic mass is 9.96. The number of carbonyl (C=O) groups excluding carboxylic acids is 1. The first-order valence-electron chi connectivity index (χ1n) is 11.3. The van der Waals surface area contributed by atoms with Gasteiger partial charge in [-0.05, 0) is 55.6 Å². The highest BCUT2D eigenvalue weighted by Gasteiger charge is 2.20. The zero-order valence-electron chi connectivity index (χ0n) is 18.3. The van der Waals surface area contributed by atoms with Crippen molar-refractivity contribution in [3.8, 4) is 0 Å². The van der Waals surface area contributed by atoms with Gasteiger partial charge in [-0.15, -0.1) is 0 Å². The highest BCUT2D eigenvalue weighted by molar-refractivity contribution is 6.06. The largest absolute Gasteiger partial charge is 0.354 e. The summed E-state index contributed by atoms with van der Waals surface area (Å²) in [4.78, 5) is 30.8. The molecule has 7 nitrogen and oxygen atoms in total. The molecule has 1 amide bonds. The van der Waals surface area contributed by atoms with Crippen LogP contribution in [0, 0.1) is 11.7 Å². The molecule has 2 N–H and O–H groups in total. The third kappa shape index (κ3) is 4.66. The lowest BCUT2D eigenvalue weighted by molar-refractivity contribution is -0.122. The molecule has 0 atom stereocenters. The minimum atomic E-state index is -0.298. The molecule has 4 aromatic rings. The number of fused-ring (bicyclic) bond motifs is 3. The smallest absolute Gasteiger partial charge is 0.291 e. The van der Waals surface area contributed by atoms with Crippen LogP contribution in [0.5, 0.6) is 0 Å². The Hall–Kier alpha value is -3.52. The summed E-state index contributed by atoms with van der Waals surface area (Å²) in [6.45, 7) is 3.18. The van der Waals surface area contributed by atoms with Crippen molar-refractivity contribution in [3.63, 3.8) is 0 Å². The molecule has 2 aromatic carbocycles. The molecule has 3 heterocycles. The minimum Gasteiger partial charge on any atom is -0.354 e. The standard InChI is InChI=1S/C25H26FN5O2/c26-19-7-5-18(6-8-19)15-30-11-9-17(10-12-30)13-27-23(32)16-31-25(33)24-21(14-28-31)20-3-1-2-4-22(20)29-24/h1-8,14,17,29H,9-13,15-16H2,(H,27,32). The van der Waals surface area contributed by atoms with Gasteiger partial charge < -0.3 is 10.3 Å². The van der Waals surface area contributed by atoms with E-state index in [1.165, 1.54) is 16.8 Å². The highest BCUT2D eigenvalue weighted by Crippen LogP contribution is 2.22. The predicted molar refractivity (Wildman–Crippen MR) is 125 cm³/mol. The number of para-hydroxylation sites is 1. The molecule has 33 heavy (non-hydrogen) atoms. The van der Waals surface area contributed by atoms with Crippen LogP contribution >= 0.6 is 0 Å². The van der Waals surface area contributed by atoms with Crippen molar-refractivity contribution in [1.29, 1.82) is 0 Å². The number of benzene rings is 2. The van der Waals surface area contributed by atoms with Crippen molar-refractivity contribution in [2.75, 3.05) is 19.6 Å². The van der Waals surface area contributed by atoms with E-state index in [0.29, 0.717) is 18.0 Å². The van der Waals surface area contributed by atoms with E-state index in [9.17, 15) is 14.0 Å². The van der Waals surface area contributed by atoms with E-state index in [4.69, 9.17) is 0 Å². The van der Waals surface area contributed by atoms with Crippen LogP contribution in [-0.4, -0.2) is 45.2 Å². The van der Waals surface area contributed by atoms with E-state index >= 15 is 0 Å². The molecule has 0 spiro atoms. The average molecular weight is 448 g/mol. The number of nitrogens with one attached hydrogen (secondary N) is 2. The van der Waals surface area contributed by atoms with Crippen molar-refractivity contribution in [2.45, 2.75) is 25.9 Å². The number of nitrogens with zero attached hydrogens (tertiary/aromatic N) is 3. The number of hydrogen-bond donors (Lipinski definition) is 2. The molecule has 2 aromatic heterocycles. The quantitative estimate of drug-likeness (QED) is 0.476. The molecule has 1 saturated heterocycles. The van der Waals surface area contributed by atoms with Gasteiger partial charge in [0, 0.05) is 29.4 Å². The molecule has 0 radical (unpaired) electrons. The third-order valence-corrected chi connectivity index (χ3v) is 6.43. The van der Waals surface area contributed by atoms with Crippen LogP contribution in [0.2, 0.25) is 0 Å². The summed E-state index contributed by atoms with van der Waals surface area (Å²) in [7, 11) is 0. The Morgan fingerprint density at radius 1 is 1.09 bits per heavy atom. The van der Waals surface area contributed by atoms with E-state index in [0.717, 1.165) is 54.3 Å². The van der Waals surface area contributed by atoms with Crippen molar-refractivity contribution < 1.29 is 9.18 Å². The molecule has 0 aliphatic carbocycles. The summed E-state index contributed by atoms with van der Waals surface area (Å²) in [6, 6.07) is 14.3. The zero-order valence-corrected chi connectivity index (χ0v) is 18.3. The molecular formula is C25H26FN5O2. The lowest BCUT2D eigenvalue weighted by Gasteiger charge is -2.32. The first-order valence-corrected chi connectivity index (χ1v) is 11.3. The summed E-state index contributed by atoms with van der Waals surface area (Å²) in [5.41, 5.74) is 2.15. The SMILES string of the molecule is O=C(Cn1ncc2c([nH]c3ccccc32)c1=O)NCC1CCN(Cc2ccc(F)cc2)CC1. The number of likely N-dealkylation sites (tertiary alicyclic amines) is 1. The van der Waals surface area contributed by atoms with Crippen molar-refractivity contribution in [1.82, 2.24) is 25.0 Å². The van der Waals surface area contributed by atoms with E-state index < -0.39 is 0 Å². The van der Waals surface area contributed by atoms with Crippen LogP contribution in [0.3, 0.4) is 0 Å². The van der Waals surface area contributed by atoms with E-state index in [2.05, 4.69) is 20.3 Å². The maximum absolute atomic E-state index is 13.1. The van der Waals surface area contributed by atoms with Gasteiger partial charge in [-0.1, -0.05) is 30.3 Å². The Labute approximate surface area is 190 Å². The number of hydrogen-bond acceptors (Lipinski definition) is 4. The molecule has 0 bridgehead atoms.